The molecule has 3 aromatic rings. The van der Waals surface area contributed by atoms with E-state index in [1.54, 1.807) is 18.5 Å². The molecule has 0 aromatic carbocycles. The molecule has 3 heterocycles. The van der Waals surface area contributed by atoms with Gasteiger partial charge in [-0.2, -0.15) is 10.2 Å². The van der Waals surface area contributed by atoms with Gasteiger partial charge in [-0.25, -0.2) is 15.0 Å². The van der Waals surface area contributed by atoms with Crippen LogP contribution in [0.3, 0.4) is 0 Å². The monoisotopic (exact) mass is 213 g/mol. The molecule has 3 N–H and O–H groups in total. The third-order valence-corrected chi connectivity index (χ3v) is 2.18. The van der Waals surface area contributed by atoms with E-state index in [0.29, 0.717) is 22.8 Å². The van der Waals surface area contributed by atoms with Gasteiger partial charge < -0.3 is 10.7 Å². The maximum Gasteiger partial charge on any atom is 0.183 e. The fraction of sp³-hybridized carbons (Fsp3) is 0. The van der Waals surface area contributed by atoms with Crippen molar-refractivity contribution in [3.05, 3.63) is 24.8 Å². The highest BCUT2D eigenvalue weighted by molar-refractivity contribution is 5.83. The van der Waals surface area contributed by atoms with Crippen molar-refractivity contribution >= 4 is 17.0 Å². The van der Waals surface area contributed by atoms with Crippen molar-refractivity contribution in [1.82, 2.24) is 30.1 Å². The summed E-state index contributed by atoms with van der Waals surface area (Å²) >= 11 is 0. The fourth-order valence-corrected chi connectivity index (χ4v) is 1.41. The van der Waals surface area contributed by atoms with E-state index in [1.807, 2.05) is 0 Å². The minimum atomic E-state index is 0.380. The van der Waals surface area contributed by atoms with Crippen LogP contribution < -0.4 is 5.73 Å². The smallest absolute Gasteiger partial charge is 0.183 e. The summed E-state index contributed by atoms with van der Waals surface area (Å²) in [6.07, 6.45) is 4.59. The van der Waals surface area contributed by atoms with Crippen LogP contribution in [0.5, 0.6) is 0 Å². The van der Waals surface area contributed by atoms with E-state index in [2.05, 4.69) is 30.1 Å². The van der Waals surface area contributed by atoms with Crippen molar-refractivity contribution in [2.24, 2.45) is 0 Å². The Morgan fingerprint density at radius 1 is 1.19 bits per heavy atom. The Labute approximate surface area is 89.8 Å². The molecule has 3 rings (SSSR count). The molecule has 16 heavy (non-hydrogen) atoms. The van der Waals surface area contributed by atoms with Gasteiger partial charge in [0.2, 0.25) is 0 Å². The first kappa shape index (κ1) is 8.72. The molecule has 0 amide bonds. The van der Waals surface area contributed by atoms with Crippen LogP contribution in [0, 0.1) is 0 Å². The van der Waals surface area contributed by atoms with Gasteiger partial charge in [-0.05, 0) is 6.07 Å². The van der Waals surface area contributed by atoms with E-state index in [0.717, 1.165) is 5.56 Å². The molecule has 0 spiro atoms. The topological polar surface area (TPSA) is 106 Å². The number of nitrogens with zero attached hydrogens (tertiary/aromatic N) is 5. The molecule has 7 heteroatoms. The zero-order valence-corrected chi connectivity index (χ0v) is 8.12. The maximum absolute atomic E-state index is 5.70. The third kappa shape index (κ3) is 1.26. The van der Waals surface area contributed by atoms with Gasteiger partial charge >= 0.3 is 0 Å². The van der Waals surface area contributed by atoms with Crippen molar-refractivity contribution in [2.75, 3.05) is 5.73 Å². The number of anilines is 1. The van der Waals surface area contributed by atoms with Crippen LogP contribution in [-0.2, 0) is 0 Å². The number of H-pyrrole nitrogens is 1. The van der Waals surface area contributed by atoms with Crippen molar-refractivity contribution in [3.8, 4) is 11.4 Å². The van der Waals surface area contributed by atoms with Crippen molar-refractivity contribution in [3.63, 3.8) is 0 Å². The second kappa shape index (κ2) is 3.23. The molecule has 3 aromatic heterocycles. The van der Waals surface area contributed by atoms with Crippen LogP contribution in [-0.4, -0.2) is 30.1 Å². The van der Waals surface area contributed by atoms with Crippen LogP contribution in [0.25, 0.3) is 22.6 Å². The highest BCUT2D eigenvalue weighted by Gasteiger charge is 2.08. The number of rotatable bonds is 1. The van der Waals surface area contributed by atoms with Crippen LogP contribution in [0.2, 0.25) is 0 Å². The number of imidazole rings is 1. The Kier molecular flexibility index (Phi) is 1.76. The van der Waals surface area contributed by atoms with Gasteiger partial charge in [0.05, 0.1) is 12.4 Å². The molecule has 0 saturated heterocycles. The average Bonchev–Trinajstić information content (AvgIpc) is 2.76. The molecule has 0 aliphatic heterocycles. The molecule has 0 bridgehead atoms. The van der Waals surface area contributed by atoms with Crippen LogP contribution >= 0.6 is 0 Å². The summed E-state index contributed by atoms with van der Waals surface area (Å²) in [5, 5.41) is 7.47. The minimum Gasteiger partial charge on any atom is -0.382 e. The summed E-state index contributed by atoms with van der Waals surface area (Å²) in [7, 11) is 0. The second-order valence-corrected chi connectivity index (χ2v) is 3.17. The van der Waals surface area contributed by atoms with Crippen LogP contribution in [0.1, 0.15) is 0 Å². The van der Waals surface area contributed by atoms with E-state index in [4.69, 9.17) is 5.73 Å². The molecular weight excluding hydrogens is 206 g/mol. The maximum atomic E-state index is 5.70. The molecule has 0 saturated carbocycles. The molecule has 0 radical (unpaired) electrons. The second-order valence-electron chi connectivity index (χ2n) is 3.17. The summed E-state index contributed by atoms with van der Waals surface area (Å²) in [4.78, 5) is 15.2. The molecule has 0 atom stereocenters. The van der Waals surface area contributed by atoms with Gasteiger partial charge in [-0.15, -0.1) is 0 Å². The largest absolute Gasteiger partial charge is 0.382 e. The van der Waals surface area contributed by atoms with Gasteiger partial charge in [0.15, 0.2) is 11.5 Å². The molecule has 0 unspecified atom stereocenters. The van der Waals surface area contributed by atoms with E-state index in [-0.39, 0.29) is 0 Å². The zero-order valence-electron chi connectivity index (χ0n) is 8.12. The lowest BCUT2D eigenvalue weighted by molar-refractivity contribution is 1.03. The van der Waals surface area contributed by atoms with Crippen molar-refractivity contribution in [1.29, 1.82) is 0 Å². The van der Waals surface area contributed by atoms with E-state index < -0.39 is 0 Å². The van der Waals surface area contributed by atoms with E-state index in [1.165, 1.54) is 6.33 Å². The summed E-state index contributed by atoms with van der Waals surface area (Å²) in [5.74, 6) is 1.03. The first-order valence-electron chi connectivity index (χ1n) is 4.58. The third-order valence-electron chi connectivity index (χ3n) is 2.18. The number of nitrogens with two attached hydrogens (primary N) is 1. The lowest BCUT2D eigenvalue weighted by atomic mass is 10.3. The van der Waals surface area contributed by atoms with Gasteiger partial charge in [-0.1, -0.05) is 0 Å². The fourth-order valence-electron chi connectivity index (χ4n) is 1.41. The molecule has 7 nitrogen and oxygen atoms in total. The van der Waals surface area contributed by atoms with Crippen LogP contribution in [0.4, 0.5) is 5.82 Å². The number of nitrogens with one attached hydrogen (secondary N) is 1. The molecule has 0 aliphatic rings. The first-order chi connectivity index (χ1) is 7.84. The highest BCUT2D eigenvalue weighted by Crippen LogP contribution is 2.19. The quantitative estimate of drug-likeness (QED) is 0.605. The Balaban J connectivity index is 2.23. The number of aromatic nitrogens is 6. The number of hydrogen-bond acceptors (Lipinski definition) is 6. The number of hydrogen-bond donors (Lipinski definition) is 2. The summed E-state index contributed by atoms with van der Waals surface area (Å²) in [6.45, 7) is 0. The summed E-state index contributed by atoms with van der Waals surface area (Å²) in [6, 6.07) is 1.80. The Morgan fingerprint density at radius 2 is 2.12 bits per heavy atom. The molecule has 78 valence electrons. The Hall–Kier alpha value is -2.57. The van der Waals surface area contributed by atoms with Crippen molar-refractivity contribution in [2.45, 2.75) is 0 Å². The van der Waals surface area contributed by atoms with Gasteiger partial charge in [0.1, 0.15) is 17.7 Å². The lowest BCUT2D eigenvalue weighted by Crippen LogP contribution is -1.91. The molecule has 0 aliphatic carbocycles. The lowest BCUT2D eigenvalue weighted by Gasteiger charge is -1.92. The highest BCUT2D eigenvalue weighted by atomic mass is 15.1. The Bertz CT molecular complexity index is 631. The van der Waals surface area contributed by atoms with Crippen molar-refractivity contribution < 1.29 is 0 Å². The summed E-state index contributed by atoms with van der Waals surface area (Å²) in [5.41, 5.74) is 7.70. The number of aromatic amines is 1. The zero-order chi connectivity index (χ0) is 11.0. The summed E-state index contributed by atoms with van der Waals surface area (Å²) < 4.78 is 0. The number of fused-ring (bicyclic) bond motifs is 1. The average molecular weight is 213 g/mol. The van der Waals surface area contributed by atoms with Gasteiger partial charge in [-0.3, -0.25) is 0 Å². The van der Waals surface area contributed by atoms with E-state index >= 15 is 0 Å². The number of nitrogen functional groups attached to an aromatic ring is 1. The predicted octanol–water partition coefficient (Wildman–Crippen LogP) is 0.392. The normalized spacial score (nSPS) is 10.8. The van der Waals surface area contributed by atoms with Gasteiger partial charge in [0, 0.05) is 5.56 Å². The molecular formula is C9H7N7. The van der Waals surface area contributed by atoms with Gasteiger partial charge in [0.25, 0.3) is 0 Å². The SMILES string of the molecule is Nc1ncnc2nc(-c3ccnnc3)[nH]c12. The van der Waals surface area contributed by atoms with Crippen LogP contribution in [0.15, 0.2) is 24.8 Å². The Morgan fingerprint density at radius 3 is 2.88 bits per heavy atom. The predicted molar refractivity (Wildman–Crippen MR) is 57.1 cm³/mol. The molecule has 0 fully saturated rings. The minimum absolute atomic E-state index is 0.380. The standard InChI is InChI=1S/C9H7N7/c10-7-6-9(12-4-11-7)16-8(15-6)5-1-2-13-14-3-5/h1-4H,(H3,10,11,12,15,16). The van der Waals surface area contributed by atoms with E-state index in [9.17, 15) is 0 Å². The first-order valence-corrected chi connectivity index (χ1v) is 4.58.